The van der Waals surface area contributed by atoms with Gasteiger partial charge in [0.2, 0.25) is 0 Å². The van der Waals surface area contributed by atoms with E-state index in [1.165, 1.54) is 11.1 Å². The first-order valence-electron chi connectivity index (χ1n) is 7.27. The maximum Gasteiger partial charge on any atom is 0.0695 e. The summed E-state index contributed by atoms with van der Waals surface area (Å²) in [4.78, 5) is 2.45. The fourth-order valence-electron chi connectivity index (χ4n) is 2.85. The van der Waals surface area contributed by atoms with Gasteiger partial charge in [0.1, 0.15) is 0 Å². The van der Waals surface area contributed by atoms with Crippen LogP contribution in [0.1, 0.15) is 18.4 Å². The van der Waals surface area contributed by atoms with Crippen molar-refractivity contribution in [3.63, 3.8) is 0 Å². The normalized spacial score (nSPS) is 17.4. The maximum atomic E-state index is 9.19. The van der Waals surface area contributed by atoms with E-state index in [4.69, 9.17) is 0 Å². The van der Waals surface area contributed by atoms with E-state index < -0.39 is 0 Å². The van der Waals surface area contributed by atoms with Gasteiger partial charge in [-0.05, 0) is 37.4 Å². The molecule has 0 atom stereocenters. The molecule has 106 valence electrons. The lowest BCUT2D eigenvalue weighted by Gasteiger charge is -2.30. The average Bonchev–Trinajstić information content (AvgIpc) is 2.97. The predicted molar refractivity (Wildman–Crippen MR) is 79.1 cm³/mol. The van der Waals surface area contributed by atoms with Crippen LogP contribution in [-0.4, -0.2) is 39.9 Å². The number of hydrogen-bond acceptors (Lipinski definition) is 3. The molecule has 2 aromatic rings. The average molecular weight is 271 g/mol. The molecule has 0 bridgehead atoms. The molecule has 1 aliphatic heterocycles. The monoisotopic (exact) mass is 271 g/mol. The minimum Gasteiger partial charge on any atom is -0.396 e. The van der Waals surface area contributed by atoms with Crippen LogP contribution in [0.3, 0.4) is 0 Å². The van der Waals surface area contributed by atoms with Crippen molar-refractivity contribution in [1.29, 1.82) is 0 Å². The Hall–Kier alpha value is -1.65. The van der Waals surface area contributed by atoms with Crippen LogP contribution in [0.15, 0.2) is 36.5 Å². The molecule has 1 aromatic carbocycles. The molecular formula is C16H21N3O. The highest BCUT2D eigenvalue weighted by atomic mass is 16.3. The van der Waals surface area contributed by atoms with Crippen molar-refractivity contribution < 1.29 is 5.11 Å². The number of aliphatic hydroxyl groups is 1. The standard InChI is InChI=1S/C16H21N3O/c20-12-13-6-8-19(9-7-13)11-15-10-17-18-16(15)14-4-2-1-3-5-14/h1-5,10,13,20H,6-9,11-12H2,(H,17,18). The van der Waals surface area contributed by atoms with Gasteiger partial charge in [0.25, 0.3) is 0 Å². The van der Waals surface area contributed by atoms with E-state index in [1.807, 2.05) is 24.4 Å². The van der Waals surface area contributed by atoms with Gasteiger partial charge in [-0.3, -0.25) is 10.00 Å². The lowest BCUT2D eigenvalue weighted by molar-refractivity contribution is 0.127. The first-order chi connectivity index (χ1) is 9.86. The first kappa shape index (κ1) is 13.3. The molecule has 1 saturated heterocycles. The molecule has 1 aromatic heterocycles. The zero-order chi connectivity index (χ0) is 13.8. The Morgan fingerprint density at radius 1 is 1.20 bits per heavy atom. The molecular weight excluding hydrogens is 250 g/mol. The predicted octanol–water partition coefficient (Wildman–Crippen LogP) is 2.28. The molecule has 4 nitrogen and oxygen atoms in total. The zero-order valence-electron chi connectivity index (χ0n) is 11.6. The molecule has 3 rings (SSSR count). The third kappa shape index (κ3) is 2.92. The van der Waals surface area contributed by atoms with Crippen molar-refractivity contribution in [2.75, 3.05) is 19.7 Å². The van der Waals surface area contributed by atoms with Crippen molar-refractivity contribution in [2.24, 2.45) is 5.92 Å². The summed E-state index contributed by atoms with van der Waals surface area (Å²) >= 11 is 0. The van der Waals surface area contributed by atoms with E-state index in [1.54, 1.807) is 0 Å². The molecule has 4 heteroatoms. The summed E-state index contributed by atoms with van der Waals surface area (Å²) in [6.07, 6.45) is 4.12. The fraction of sp³-hybridized carbons (Fsp3) is 0.438. The van der Waals surface area contributed by atoms with Crippen LogP contribution in [0.25, 0.3) is 11.3 Å². The Kier molecular flexibility index (Phi) is 4.14. The van der Waals surface area contributed by atoms with Gasteiger partial charge in [-0.25, -0.2) is 0 Å². The third-order valence-electron chi connectivity index (χ3n) is 4.14. The van der Waals surface area contributed by atoms with Crippen molar-refractivity contribution in [2.45, 2.75) is 19.4 Å². The fourth-order valence-corrected chi connectivity index (χ4v) is 2.85. The topological polar surface area (TPSA) is 52.1 Å². The number of aliphatic hydroxyl groups excluding tert-OH is 1. The molecule has 0 unspecified atom stereocenters. The quantitative estimate of drug-likeness (QED) is 0.897. The molecule has 0 saturated carbocycles. The maximum absolute atomic E-state index is 9.19. The van der Waals surface area contributed by atoms with Crippen LogP contribution in [-0.2, 0) is 6.54 Å². The highest BCUT2D eigenvalue weighted by molar-refractivity contribution is 5.62. The summed E-state index contributed by atoms with van der Waals surface area (Å²) in [7, 11) is 0. The molecule has 0 radical (unpaired) electrons. The Labute approximate surface area is 119 Å². The Morgan fingerprint density at radius 2 is 1.95 bits per heavy atom. The van der Waals surface area contributed by atoms with Gasteiger partial charge in [0, 0.05) is 18.7 Å². The second-order valence-electron chi connectivity index (χ2n) is 5.54. The number of benzene rings is 1. The van der Waals surface area contributed by atoms with Crippen LogP contribution in [0.5, 0.6) is 0 Å². The van der Waals surface area contributed by atoms with Gasteiger partial charge in [-0.1, -0.05) is 30.3 Å². The number of nitrogens with zero attached hydrogens (tertiary/aromatic N) is 2. The van der Waals surface area contributed by atoms with E-state index in [2.05, 4.69) is 27.2 Å². The van der Waals surface area contributed by atoms with E-state index in [0.29, 0.717) is 12.5 Å². The van der Waals surface area contributed by atoms with E-state index in [9.17, 15) is 5.11 Å². The van der Waals surface area contributed by atoms with Crippen molar-refractivity contribution in [3.8, 4) is 11.3 Å². The van der Waals surface area contributed by atoms with Gasteiger partial charge in [0.05, 0.1) is 11.9 Å². The van der Waals surface area contributed by atoms with E-state index in [-0.39, 0.29) is 0 Å². The summed E-state index contributed by atoms with van der Waals surface area (Å²) in [6, 6.07) is 10.3. The molecule has 0 amide bonds. The molecule has 1 fully saturated rings. The Bertz CT molecular complexity index is 530. The smallest absolute Gasteiger partial charge is 0.0695 e. The van der Waals surface area contributed by atoms with Gasteiger partial charge < -0.3 is 5.11 Å². The number of piperidine rings is 1. The number of H-pyrrole nitrogens is 1. The van der Waals surface area contributed by atoms with Crippen molar-refractivity contribution >= 4 is 0 Å². The van der Waals surface area contributed by atoms with Crippen molar-refractivity contribution in [3.05, 3.63) is 42.1 Å². The van der Waals surface area contributed by atoms with Crippen molar-refractivity contribution in [1.82, 2.24) is 15.1 Å². The summed E-state index contributed by atoms with van der Waals surface area (Å²) in [5, 5.41) is 16.5. The van der Waals surface area contributed by atoms with E-state index in [0.717, 1.165) is 38.2 Å². The number of aromatic nitrogens is 2. The minimum absolute atomic E-state index is 0.328. The Morgan fingerprint density at radius 3 is 2.65 bits per heavy atom. The summed E-state index contributed by atoms with van der Waals surface area (Å²) < 4.78 is 0. The highest BCUT2D eigenvalue weighted by Gasteiger charge is 2.19. The van der Waals surface area contributed by atoms with E-state index >= 15 is 0 Å². The molecule has 0 aliphatic carbocycles. The summed E-state index contributed by atoms with van der Waals surface area (Å²) in [5.41, 5.74) is 3.55. The molecule has 0 spiro atoms. The van der Waals surface area contributed by atoms with Crippen LogP contribution in [0, 0.1) is 5.92 Å². The molecule has 20 heavy (non-hydrogen) atoms. The van der Waals surface area contributed by atoms with Gasteiger partial charge in [0.15, 0.2) is 0 Å². The number of rotatable bonds is 4. The lowest BCUT2D eigenvalue weighted by Crippen LogP contribution is -2.34. The van der Waals surface area contributed by atoms with Crippen LogP contribution >= 0.6 is 0 Å². The second kappa shape index (κ2) is 6.20. The van der Waals surface area contributed by atoms with Crippen LogP contribution in [0.4, 0.5) is 0 Å². The third-order valence-corrected chi connectivity index (χ3v) is 4.14. The number of likely N-dealkylation sites (tertiary alicyclic amines) is 1. The molecule has 2 heterocycles. The summed E-state index contributed by atoms with van der Waals surface area (Å²) in [5.74, 6) is 0.490. The van der Waals surface area contributed by atoms with Gasteiger partial charge in [-0.2, -0.15) is 5.10 Å². The minimum atomic E-state index is 0.328. The second-order valence-corrected chi connectivity index (χ2v) is 5.54. The van der Waals surface area contributed by atoms with Gasteiger partial charge in [-0.15, -0.1) is 0 Å². The molecule has 1 aliphatic rings. The number of aromatic amines is 1. The Balaban J connectivity index is 1.69. The SMILES string of the molecule is OCC1CCN(Cc2cn[nH]c2-c2ccccc2)CC1. The number of nitrogens with one attached hydrogen (secondary N) is 1. The van der Waals surface area contributed by atoms with Gasteiger partial charge >= 0.3 is 0 Å². The largest absolute Gasteiger partial charge is 0.396 e. The number of hydrogen-bond donors (Lipinski definition) is 2. The first-order valence-corrected chi connectivity index (χ1v) is 7.27. The van der Waals surface area contributed by atoms with Crippen LogP contribution in [0.2, 0.25) is 0 Å². The summed E-state index contributed by atoms with van der Waals surface area (Å²) in [6.45, 7) is 3.38. The van der Waals surface area contributed by atoms with Crippen LogP contribution < -0.4 is 0 Å². The highest BCUT2D eigenvalue weighted by Crippen LogP contribution is 2.24. The zero-order valence-corrected chi connectivity index (χ0v) is 11.6. The lowest BCUT2D eigenvalue weighted by atomic mass is 9.97. The molecule has 2 N–H and O–H groups in total.